The van der Waals surface area contributed by atoms with Crippen LogP contribution in [0.25, 0.3) is 6.08 Å². The van der Waals surface area contributed by atoms with E-state index < -0.39 is 16.9 Å². The lowest BCUT2D eigenvalue weighted by Gasteiger charge is -2.25. The molecule has 4 aromatic rings. The van der Waals surface area contributed by atoms with Gasteiger partial charge in [-0.2, -0.15) is 0 Å². The Morgan fingerprint density at radius 2 is 1.86 bits per heavy atom. The van der Waals surface area contributed by atoms with Crippen LogP contribution in [-0.4, -0.2) is 22.6 Å². The van der Waals surface area contributed by atoms with Gasteiger partial charge >= 0.3 is 11.7 Å². The minimum atomic E-state index is -0.734. The van der Waals surface area contributed by atoms with Crippen molar-refractivity contribution >= 4 is 60.9 Å². The predicted octanol–water partition coefficient (Wildman–Crippen LogP) is 5.81. The molecule has 0 unspecified atom stereocenters. The van der Waals surface area contributed by atoms with Crippen LogP contribution >= 0.6 is 43.2 Å². The number of methoxy groups -OCH3 is 1. The van der Waals surface area contributed by atoms with Crippen molar-refractivity contribution in [3.63, 3.8) is 0 Å². The number of fused-ring (bicyclic) bond motifs is 1. The molecule has 12 heteroatoms. The van der Waals surface area contributed by atoms with Crippen molar-refractivity contribution in [2.24, 2.45) is 4.99 Å². The Hall–Kier alpha value is -3.87. The van der Waals surface area contributed by atoms with Gasteiger partial charge < -0.3 is 9.47 Å². The van der Waals surface area contributed by atoms with Crippen molar-refractivity contribution in [1.82, 2.24) is 4.57 Å². The third kappa shape index (κ3) is 5.87. The van der Waals surface area contributed by atoms with Gasteiger partial charge in [0.2, 0.25) is 5.75 Å². The highest BCUT2D eigenvalue weighted by molar-refractivity contribution is 9.10. The molecule has 0 aliphatic carbocycles. The maximum Gasteiger partial charge on any atom is 0.338 e. The highest BCUT2D eigenvalue weighted by Crippen LogP contribution is 2.37. The zero-order valence-electron chi connectivity index (χ0n) is 22.4. The molecule has 0 saturated heterocycles. The molecule has 0 N–H and O–H groups in total. The molecule has 0 saturated carbocycles. The number of benzene rings is 3. The van der Waals surface area contributed by atoms with Gasteiger partial charge in [0.1, 0.15) is 6.61 Å². The maximum absolute atomic E-state index is 13.8. The molecule has 0 fully saturated rings. The van der Waals surface area contributed by atoms with E-state index in [0.717, 1.165) is 26.9 Å². The van der Waals surface area contributed by atoms with Crippen molar-refractivity contribution in [2.45, 2.75) is 26.0 Å². The summed E-state index contributed by atoms with van der Waals surface area (Å²) < 4.78 is 14.0. The number of ether oxygens (including phenoxy) is 2. The first-order chi connectivity index (χ1) is 20.2. The molecule has 42 heavy (non-hydrogen) atoms. The van der Waals surface area contributed by atoms with Crippen LogP contribution in [0.4, 0.5) is 5.69 Å². The molecule has 0 spiro atoms. The number of aromatic nitrogens is 1. The van der Waals surface area contributed by atoms with Gasteiger partial charge in [-0.25, -0.2) is 9.79 Å². The summed E-state index contributed by atoms with van der Waals surface area (Å²) in [6.07, 6.45) is 2.04. The normalized spacial score (nSPS) is 14.8. The number of esters is 1. The summed E-state index contributed by atoms with van der Waals surface area (Å²) in [7, 11) is 1.30. The van der Waals surface area contributed by atoms with Gasteiger partial charge in [0.25, 0.3) is 5.56 Å². The van der Waals surface area contributed by atoms with Gasteiger partial charge in [-0.15, -0.1) is 0 Å². The van der Waals surface area contributed by atoms with Crippen LogP contribution in [0.15, 0.2) is 96.7 Å². The third-order valence-electron chi connectivity index (χ3n) is 6.60. The summed E-state index contributed by atoms with van der Waals surface area (Å²) >= 11 is 7.95. The molecule has 214 valence electrons. The second kappa shape index (κ2) is 12.6. The lowest BCUT2D eigenvalue weighted by Crippen LogP contribution is -2.40. The van der Waals surface area contributed by atoms with Crippen molar-refractivity contribution in [3.8, 4) is 5.75 Å². The highest BCUT2D eigenvalue weighted by Gasteiger charge is 2.33. The second-order valence-electron chi connectivity index (χ2n) is 9.22. The predicted molar refractivity (Wildman–Crippen MR) is 166 cm³/mol. The summed E-state index contributed by atoms with van der Waals surface area (Å²) in [6, 6.07) is 18.9. The van der Waals surface area contributed by atoms with Gasteiger partial charge in [-0.1, -0.05) is 76.7 Å². The smallest absolute Gasteiger partial charge is 0.338 e. The first-order valence-electron chi connectivity index (χ1n) is 12.7. The molecular formula is C30H23Br2N3O6S. The second-order valence-corrected chi connectivity index (χ2v) is 12.0. The summed E-state index contributed by atoms with van der Waals surface area (Å²) in [5.74, 6) is -0.474. The molecule has 1 atom stereocenters. The van der Waals surface area contributed by atoms with Crippen LogP contribution in [0.5, 0.6) is 5.75 Å². The number of halogens is 2. The minimum Gasteiger partial charge on any atom is -0.481 e. The number of allylic oxidation sites excluding steroid dienone is 1. The zero-order valence-corrected chi connectivity index (χ0v) is 26.4. The average Bonchev–Trinajstić information content (AvgIpc) is 3.30. The van der Waals surface area contributed by atoms with E-state index in [1.807, 2.05) is 61.5 Å². The van der Waals surface area contributed by atoms with Crippen molar-refractivity contribution in [2.75, 3.05) is 7.11 Å². The summed E-state index contributed by atoms with van der Waals surface area (Å²) in [5.41, 5.74) is 2.22. The number of hydrogen-bond donors (Lipinski definition) is 0. The number of carbonyl (C=O) groups excluding carboxylic acids is 1. The third-order valence-corrected chi connectivity index (χ3v) is 8.70. The number of hydrogen-bond acceptors (Lipinski definition) is 8. The average molecular weight is 713 g/mol. The Labute approximate surface area is 260 Å². The fourth-order valence-electron chi connectivity index (χ4n) is 4.66. The van der Waals surface area contributed by atoms with Gasteiger partial charge in [-0.3, -0.25) is 19.5 Å². The van der Waals surface area contributed by atoms with Crippen LogP contribution in [0.2, 0.25) is 0 Å². The van der Waals surface area contributed by atoms with Gasteiger partial charge in [-0.05, 0) is 63.3 Å². The molecule has 5 rings (SSSR count). The van der Waals surface area contributed by atoms with Gasteiger partial charge in [0, 0.05) is 10.5 Å². The minimum absolute atomic E-state index is 0.0842. The molecule has 1 aliphatic rings. The molecule has 1 aromatic heterocycles. The summed E-state index contributed by atoms with van der Waals surface area (Å²) in [5, 5.41) is 12.0. The van der Waals surface area contributed by atoms with Crippen LogP contribution in [0.3, 0.4) is 0 Å². The Morgan fingerprint density at radius 1 is 1.14 bits per heavy atom. The van der Waals surface area contributed by atoms with Crippen LogP contribution in [0, 0.1) is 10.1 Å². The van der Waals surface area contributed by atoms with E-state index >= 15 is 0 Å². The van der Waals surface area contributed by atoms with Crippen LogP contribution in [0.1, 0.15) is 36.1 Å². The Morgan fingerprint density at radius 3 is 2.50 bits per heavy atom. The molecule has 3 aromatic carbocycles. The topological polar surface area (TPSA) is 113 Å². The molecule has 0 radical (unpaired) electrons. The standard InChI is InChI=1S/C30H23Br2N3O6S/c1-3-22-25(29(37)40-2)26(19-7-5-4-6-8-19)34-28(36)24(42-30(34)33-22)15-18-13-21(32)27(23(14-18)35(38)39)41-16-17-9-11-20(31)12-10-17/h4-15,26H,3,16H2,1-2H3/b24-15+/t26-/m1/s1. The Balaban J connectivity index is 1.61. The number of nitrogens with zero attached hydrogens (tertiary/aromatic N) is 3. The number of thiazole rings is 1. The number of rotatable bonds is 8. The molecule has 1 aliphatic heterocycles. The monoisotopic (exact) mass is 711 g/mol. The fourth-order valence-corrected chi connectivity index (χ4v) is 6.53. The lowest BCUT2D eigenvalue weighted by molar-refractivity contribution is -0.386. The van der Waals surface area contributed by atoms with E-state index in [1.165, 1.54) is 17.7 Å². The number of nitro groups is 1. The van der Waals surface area contributed by atoms with Gasteiger partial charge in [0.15, 0.2) is 4.80 Å². The van der Waals surface area contributed by atoms with Crippen molar-refractivity contribution in [1.29, 1.82) is 0 Å². The molecule has 0 bridgehead atoms. The van der Waals surface area contributed by atoms with E-state index in [4.69, 9.17) is 9.47 Å². The number of nitro benzene ring substituents is 1. The SMILES string of the molecule is CCC1=C(C(=O)OC)[C@@H](c2ccccc2)n2c(s/c(=C/c3cc(Br)c(OCc4ccc(Br)cc4)c([N+](=O)[O-])c3)c2=O)=N1. The van der Waals surface area contributed by atoms with Crippen molar-refractivity contribution < 1.29 is 19.2 Å². The van der Waals surface area contributed by atoms with Crippen molar-refractivity contribution in [3.05, 3.63) is 133 Å². The zero-order chi connectivity index (χ0) is 30.0. The highest BCUT2D eigenvalue weighted by atomic mass is 79.9. The van der Waals surface area contributed by atoms with Gasteiger partial charge in [0.05, 0.1) is 38.4 Å². The first kappa shape index (κ1) is 29.6. The molecule has 2 heterocycles. The molecular weight excluding hydrogens is 690 g/mol. The Kier molecular flexibility index (Phi) is 8.85. The quantitative estimate of drug-likeness (QED) is 0.130. The lowest BCUT2D eigenvalue weighted by atomic mass is 9.95. The van der Waals surface area contributed by atoms with E-state index in [-0.39, 0.29) is 23.6 Å². The number of carbonyl (C=O) groups is 1. The van der Waals surface area contributed by atoms with Crippen LogP contribution < -0.4 is 19.6 Å². The maximum atomic E-state index is 13.8. The fraction of sp³-hybridized carbons (Fsp3) is 0.167. The van der Waals surface area contributed by atoms with Crippen LogP contribution in [-0.2, 0) is 16.1 Å². The summed E-state index contributed by atoms with van der Waals surface area (Å²) in [6.45, 7) is 2.02. The molecule has 9 nitrogen and oxygen atoms in total. The van der Waals surface area contributed by atoms with E-state index in [1.54, 1.807) is 12.1 Å². The van der Waals surface area contributed by atoms with E-state index in [0.29, 0.717) is 37.1 Å². The first-order valence-corrected chi connectivity index (χ1v) is 15.1. The molecule has 0 amide bonds. The van der Waals surface area contributed by atoms with E-state index in [9.17, 15) is 19.7 Å². The summed E-state index contributed by atoms with van der Waals surface area (Å²) in [4.78, 5) is 43.3. The Bertz CT molecular complexity index is 1900. The largest absolute Gasteiger partial charge is 0.481 e. The van der Waals surface area contributed by atoms with E-state index in [2.05, 4.69) is 36.9 Å².